The third kappa shape index (κ3) is 4.17. The highest BCUT2D eigenvalue weighted by atomic mass is 16.5. The minimum Gasteiger partial charge on any atom is -0.496 e. The number of hydrogen-bond donors (Lipinski definition) is 1. The minimum atomic E-state index is -0.326. The van der Waals surface area contributed by atoms with Crippen LogP contribution in [0.5, 0.6) is 28.7 Å². The van der Waals surface area contributed by atoms with Crippen molar-refractivity contribution in [3.8, 4) is 28.7 Å². The fourth-order valence-corrected chi connectivity index (χ4v) is 2.70. The summed E-state index contributed by atoms with van der Waals surface area (Å²) in [6.07, 6.45) is 0. The maximum absolute atomic E-state index is 12.7. The molecule has 0 aromatic heterocycles. The summed E-state index contributed by atoms with van der Waals surface area (Å²) in [5.74, 6) is 2.43. The summed E-state index contributed by atoms with van der Waals surface area (Å²) in [6.45, 7) is 0. The molecule has 1 N–H and O–H groups in total. The van der Waals surface area contributed by atoms with E-state index in [9.17, 15) is 4.79 Å². The molecule has 0 atom stereocenters. The van der Waals surface area contributed by atoms with Gasteiger partial charge in [-0.05, 0) is 48.5 Å². The highest BCUT2D eigenvalue weighted by molar-refractivity contribution is 6.08. The largest absolute Gasteiger partial charge is 0.496 e. The second kappa shape index (κ2) is 8.81. The number of rotatable bonds is 7. The van der Waals surface area contributed by atoms with Crippen LogP contribution in [0.1, 0.15) is 10.4 Å². The zero-order valence-electron chi connectivity index (χ0n) is 15.9. The van der Waals surface area contributed by atoms with E-state index < -0.39 is 0 Å². The smallest absolute Gasteiger partial charge is 0.263 e. The zero-order valence-corrected chi connectivity index (χ0v) is 15.9. The summed E-state index contributed by atoms with van der Waals surface area (Å²) in [4.78, 5) is 12.7. The van der Waals surface area contributed by atoms with Gasteiger partial charge in [0, 0.05) is 5.69 Å². The van der Waals surface area contributed by atoms with Gasteiger partial charge in [-0.2, -0.15) is 0 Å². The zero-order chi connectivity index (χ0) is 19.9. The van der Waals surface area contributed by atoms with E-state index in [-0.39, 0.29) is 5.91 Å². The molecule has 0 heterocycles. The number of carbonyl (C=O) groups is 1. The Labute approximate surface area is 163 Å². The second-order valence-electron chi connectivity index (χ2n) is 5.77. The van der Waals surface area contributed by atoms with Crippen LogP contribution in [0.2, 0.25) is 0 Å². The van der Waals surface area contributed by atoms with E-state index in [4.69, 9.17) is 18.9 Å². The predicted molar refractivity (Wildman–Crippen MR) is 107 cm³/mol. The topological polar surface area (TPSA) is 66.0 Å². The molecule has 0 aliphatic heterocycles. The Morgan fingerprint density at radius 3 is 1.79 bits per heavy atom. The number of anilines is 1. The molecule has 1 amide bonds. The van der Waals surface area contributed by atoms with Crippen LogP contribution in [0.4, 0.5) is 5.69 Å². The van der Waals surface area contributed by atoms with Crippen LogP contribution in [-0.4, -0.2) is 27.2 Å². The van der Waals surface area contributed by atoms with Crippen LogP contribution in [0.15, 0.2) is 66.7 Å². The Morgan fingerprint density at radius 2 is 1.21 bits per heavy atom. The van der Waals surface area contributed by atoms with Gasteiger partial charge in [-0.25, -0.2) is 0 Å². The van der Waals surface area contributed by atoms with E-state index in [2.05, 4.69) is 5.32 Å². The molecule has 0 radical (unpaired) electrons. The molecular weight excluding hydrogens is 358 g/mol. The third-order valence-corrected chi connectivity index (χ3v) is 4.06. The average Bonchev–Trinajstić information content (AvgIpc) is 2.74. The number of methoxy groups -OCH3 is 3. The molecule has 0 saturated heterocycles. The summed E-state index contributed by atoms with van der Waals surface area (Å²) >= 11 is 0. The van der Waals surface area contributed by atoms with Crippen molar-refractivity contribution in [3.05, 3.63) is 72.3 Å². The summed E-state index contributed by atoms with van der Waals surface area (Å²) in [7, 11) is 4.61. The first-order chi connectivity index (χ1) is 13.7. The minimum absolute atomic E-state index is 0.326. The van der Waals surface area contributed by atoms with Gasteiger partial charge in [-0.1, -0.05) is 18.2 Å². The summed E-state index contributed by atoms with van der Waals surface area (Å²) in [6, 6.07) is 19.6. The third-order valence-electron chi connectivity index (χ3n) is 4.06. The molecule has 0 fully saturated rings. The number of carbonyl (C=O) groups excluding carboxylic acids is 1. The quantitative estimate of drug-likeness (QED) is 0.641. The normalized spacial score (nSPS) is 10.1. The Kier molecular flexibility index (Phi) is 6.01. The highest BCUT2D eigenvalue weighted by Gasteiger charge is 2.18. The monoisotopic (exact) mass is 379 g/mol. The first kappa shape index (κ1) is 19.1. The van der Waals surface area contributed by atoms with Crippen molar-refractivity contribution in [2.45, 2.75) is 0 Å². The van der Waals surface area contributed by atoms with E-state index in [1.165, 1.54) is 14.2 Å². The molecule has 3 aromatic rings. The molecule has 3 rings (SSSR count). The fraction of sp³-hybridized carbons (Fsp3) is 0.136. The van der Waals surface area contributed by atoms with E-state index in [1.54, 1.807) is 49.6 Å². The maximum Gasteiger partial charge on any atom is 0.263 e. The average molecular weight is 379 g/mol. The van der Waals surface area contributed by atoms with Gasteiger partial charge in [-0.3, -0.25) is 4.79 Å². The summed E-state index contributed by atoms with van der Waals surface area (Å²) in [5, 5.41) is 2.84. The first-order valence-electron chi connectivity index (χ1n) is 8.59. The first-order valence-corrected chi connectivity index (χ1v) is 8.59. The van der Waals surface area contributed by atoms with Crippen molar-refractivity contribution in [3.63, 3.8) is 0 Å². The van der Waals surface area contributed by atoms with Crippen LogP contribution in [0, 0.1) is 0 Å². The Hall–Kier alpha value is -3.67. The molecule has 3 aromatic carbocycles. The van der Waals surface area contributed by atoms with E-state index >= 15 is 0 Å². The van der Waals surface area contributed by atoms with Crippen LogP contribution < -0.4 is 24.3 Å². The van der Waals surface area contributed by atoms with Crippen molar-refractivity contribution in [2.75, 3.05) is 26.6 Å². The summed E-state index contributed by atoms with van der Waals surface area (Å²) in [5.41, 5.74) is 0.951. The van der Waals surface area contributed by atoms with Crippen molar-refractivity contribution < 1.29 is 23.7 Å². The highest BCUT2D eigenvalue weighted by Crippen LogP contribution is 2.32. The van der Waals surface area contributed by atoms with Crippen LogP contribution in [0.3, 0.4) is 0 Å². The number of hydrogen-bond acceptors (Lipinski definition) is 5. The van der Waals surface area contributed by atoms with Crippen molar-refractivity contribution in [1.82, 2.24) is 0 Å². The Bertz CT molecular complexity index is 931. The molecule has 144 valence electrons. The number of nitrogens with one attached hydrogen (secondary N) is 1. The molecule has 0 aliphatic carbocycles. The van der Waals surface area contributed by atoms with Crippen LogP contribution in [-0.2, 0) is 0 Å². The molecule has 0 spiro atoms. The predicted octanol–water partition coefficient (Wildman–Crippen LogP) is 4.76. The van der Waals surface area contributed by atoms with Gasteiger partial charge in [-0.15, -0.1) is 0 Å². The lowest BCUT2D eigenvalue weighted by Gasteiger charge is -2.13. The van der Waals surface area contributed by atoms with Gasteiger partial charge in [0.05, 0.1) is 21.3 Å². The van der Waals surface area contributed by atoms with Gasteiger partial charge in [0.15, 0.2) is 11.5 Å². The molecule has 0 saturated carbocycles. The van der Waals surface area contributed by atoms with Crippen molar-refractivity contribution in [2.24, 2.45) is 0 Å². The molecule has 28 heavy (non-hydrogen) atoms. The van der Waals surface area contributed by atoms with Gasteiger partial charge in [0.1, 0.15) is 22.8 Å². The van der Waals surface area contributed by atoms with Gasteiger partial charge in [0.25, 0.3) is 5.91 Å². The van der Waals surface area contributed by atoms with E-state index in [1.807, 2.05) is 24.3 Å². The molecule has 0 bridgehead atoms. The lowest BCUT2D eigenvalue weighted by molar-refractivity contribution is 0.102. The number of ether oxygens (including phenoxy) is 4. The van der Waals surface area contributed by atoms with E-state index in [0.717, 1.165) is 0 Å². The van der Waals surface area contributed by atoms with Crippen molar-refractivity contribution >= 4 is 11.6 Å². The lowest BCUT2D eigenvalue weighted by atomic mass is 10.1. The fourth-order valence-electron chi connectivity index (χ4n) is 2.70. The lowest BCUT2D eigenvalue weighted by Crippen LogP contribution is -2.14. The standard InChI is InChI=1S/C22H21NO5/c1-25-17-7-4-5-8-18(17)28-16-13-11-15(12-14-16)23-22(24)21-19(26-2)9-6-10-20(21)27-3/h4-14H,1-3H3,(H,23,24). The summed E-state index contributed by atoms with van der Waals surface area (Å²) < 4.78 is 21.7. The number of benzene rings is 3. The van der Waals surface area contributed by atoms with Gasteiger partial charge < -0.3 is 24.3 Å². The molecule has 6 heteroatoms. The number of para-hydroxylation sites is 2. The maximum atomic E-state index is 12.7. The van der Waals surface area contributed by atoms with Gasteiger partial charge in [0.2, 0.25) is 0 Å². The Balaban J connectivity index is 1.75. The molecular formula is C22H21NO5. The van der Waals surface area contributed by atoms with Gasteiger partial charge >= 0.3 is 0 Å². The van der Waals surface area contributed by atoms with Crippen LogP contribution in [0.25, 0.3) is 0 Å². The molecule has 6 nitrogen and oxygen atoms in total. The van der Waals surface area contributed by atoms with Crippen LogP contribution >= 0.6 is 0 Å². The van der Waals surface area contributed by atoms with Crippen molar-refractivity contribution in [1.29, 1.82) is 0 Å². The SMILES string of the molecule is COc1ccccc1Oc1ccc(NC(=O)c2c(OC)cccc2OC)cc1. The molecule has 0 unspecified atom stereocenters. The molecule has 0 aliphatic rings. The Morgan fingerprint density at radius 1 is 0.679 bits per heavy atom. The number of amides is 1. The van der Waals surface area contributed by atoms with E-state index in [0.29, 0.717) is 40.0 Å². The second-order valence-corrected chi connectivity index (χ2v) is 5.77.